The van der Waals surface area contributed by atoms with Crippen molar-refractivity contribution in [2.24, 2.45) is 5.73 Å². The van der Waals surface area contributed by atoms with Crippen LogP contribution >= 0.6 is 0 Å². The monoisotopic (exact) mass is 271 g/mol. The molecule has 0 aliphatic rings. The molecule has 0 bridgehead atoms. The molecule has 106 valence electrons. The molecule has 0 aliphatic carbocycles. The van der Waals surface area contributed by atoms with Crippen molar-refractivity contribution in [1.29, 1.82) is 0 Å². The van der Waals surface area contributed by atoms with E-state index < -0.39 is 0 Å². The van der Waals surface area contributed by atoms with Gasteiger partial charge in [0.15, 0.2) is 0 Å². The molecule has 20 heavy (non-hydrogen) atoms. The van der Waals surface area contributed by atoms with Gasteiger partial charge in [0.1, 0.15) is 5.78 Å². The summed E-state index contributed by atoms with van der Waals surface area (Å²) in [6.07, 6.45) is 2.71. The predicted molar refractivity (Wildman–Crippen MR) is 79.4 cm³/mol. The first-order valence-corrected chi connectivity index (χ1v) is 6.92. The summed E-state index contributed by atoms with van der Waals surface area (Å²) >= 11 is 0. The summed E-state index contributed by atoms with van der Waals surface area (Å²) in [6.45, 7) is 4.59. The first-order chi connectivity index (χ1) is 9.60. The van der Waals surface area contributed by atoms with Crippen LogP contribution in [0.5, 0.6) is 0 Å². The van der Waals surface area contributed by atoms with Crippen LogP contribution in [-0.2, 0) is 24.2 Å². The van der Waals surface area contributed by atoms with Crippen LogP contribution in [0, 0.1) is 0 Å². The summed E-state index contributed by atoms with van der Waals surface area (Å²) in [5.74, 6) is 0.167. The Bertz CT molecular complexity index is 587. The van der Waals surface area contributed by atoms with Crippen LogP contribution in [-0.4, -0.2) is 15.6 Å². The summed E-state index contributed by atoms with van der Waals surface area (Å²) in [6, 6.07) is 10.0. The van der Waals surface area contributed by atoms with Gasteiger partial charge in [0.05, 0.1) is 12.1 Å². The Hall–Kier alpha value is -1.94. The lowest BCUT2D eigenvalue weighted by Crippen LogP contribution is -2.11. The third-order valence-electron chi connectivity index (χ3n) is 3.30. The van der Waals surface area contributed by atoms with Crippen molar-refractivity contribution >= 4 is 5.78 Å². The number of carbonyl (C=O) groups excluding carboxylic acids is 1. The molecule has 0 saturated carbocycles. The highest BCUT2D eigenvalue weighted by molar-refractivity contribution is 5.83. The van der Waals surface area contributed by atoms with Crippen molar-refractivity contribution in [3.8, 4) is 0 Å². The fourth-order valence-electron chi connectivity index (χ4n) is 2.17. The number of hydrogen-bond acceptors (Lipinski definition) is 3. The first kappa shape index (κ1) is 14.5. The Balaban J connectivity index is 2.01. The minimum Gasteiger partial charge on any atom is -0.326 e. The normalized spacial score (nSPS) is 11.0. The number of benzene rings is 1. The molecule has 1 aromatic heterocycles. The number of carbonyl (C=O) groups is 1. The van der Waals surface area contributed by atoms with Gasteiger partial charge >= 0.3 is 0 Å². The molecule has 0 radical (unpaired) electrons. The van der Waals surface area contributed by atoms with Crippen molar-refractivity contribution in [2.75, 3.05) is 0 Å². The molecule has 0 fully saturated rings. The fraction of sp³-hybridized carbons (Fsp3) is 0.375. The lowest BCUT2D eigenvalue weighted by Gasteiger charge is -2.06. The number of hydrogen-bond donors (Lipinski definition) is 1. The smallest absolute Gasteiger partial charge is 0.143 e. The van der Waals surface area contributed by atoms with Gasteiger partial charge in [-0.1, -0.05) is 24.3 Å². The number of nitrogens with zero attached hydrogens (tertiary/aromatic N) is 2. The van der Waals surface area contributed by atoms with E-state index in [4.69, 9.17) is 5.73 Å². The Morgan fingerprint density at radius 1 is 1.20 bits per heavy atom. The molecule has 1 aromatic carbocycles. The van der Waals surface area contributed by atoms with Gasteiger partial charge in [-0.3, -0.25) is 9.48 Å². The van der Waals surface area contributed by atoms with E-state index in [0.717, 1.165) is 16.8 Å². The number of nitrogens with two attached hydrogens (primary N) is 1. The van der Waals surface area contributed by atoms with Gasteiger partial charge in [0.25, 0.3) is 0 Å². The Morgan fingerprint density at radius 2 is 1.90 bits per heavy atom. The van der Waals surface area contributed by atoms with Gasteiger partial charge in [-0.05, 0) is 31.0 Å². The lowest BCUT2D eigenvalue weighted by atomic mass is 10.0. The molecule has 2 N–H and O–H groups in total. The Labute approximate surface area is 119 Å². The van der Waals surface area contributed by atoms with Crippen LogP contribution < -0.4 is 5.73 Å². The summed E-state index contributed by atoms with van der Waals surface area (Å²) in [4.78, 5) is 12.1. The van der Waals surface area contributed by atoms with Gasteiger partial charge < -0.3 is 5.73 Å². The molecule has 2 rings (SSSR count). The lowest BCUT2D eigenvalue weighted by molar-refractivity contribution is -0.117. The van der Waals surface area contributed by atoms with Crippen molar-refractivity contribution in [3.05, 3.63) is 53.3 Å². The van der Waals surface area contributed by atoms with Crippen molar-refractivity contribution in [2.45, 2.75) is 39.3 Å². The zero-order valence-corrected chi connectivity index (χ0v) is 12.0. The van der Waals surface area contributed by atoms with Gasteiger partial charge in [0, 0.05) is 25.2 Å². The molecule has 4 heteroatoms. The van der Waals surface area contributed by atoms with Crippen LogP contribution in [0.25, 0.3) is 0 Å². The van der Waals surface area contributed by atoms with E-state index >= 15 is 0 Å². The summed E-state index contributed by atoms with van der Waals surface area (Å²) in [5.41, 5.74) is 8.57. The van der Waals surface area contributed by atoms with Crippen LogP contribution in [0.1, 0.15) is 36.7 Å². The van der Waals surface area contributed by atoms with E-state index in [1.54, 1.807) is 0 Å². The maximum Gasteiger partial charge on any atom is 0.143 e. The highest BCUT2D eigenvalue weighted by Crippen LogP contribution is 2.11. The van der Waals surface area contributed by atoms with Gasteiger partial charge in [0.2, 0.25) is 0 Å². The third-order valence-corrected chi connectivity index (χ3v) is 3.30. The van der Waals surface area contributed by atoms with Gasteiger partial charge in [-0.15, -0.1) is 0 Å². The van der Waals surface area contributed by atoms with E-state index in [0.29, 0.717) is 25.4 Å². The molecule has 0 saturated heterocycles. The quantitative estimate of drug-likeness (QED) is 0.876. The van der Waals surface area contributed by atoms with Crippen LogP contribution in [0.3, 0.4) is 0 Å². The molecule has 0 aliphatic heterocycles. The molecular weight excluding hydrogens is 250 g/mol. The molecule has 0 spiro atoms. The zero-order valence-electron chi connectivity index (χ0n) is 12.0. The fourth-order valence-corrected chi connectivity index (χ4v) is 2.17. The molecular formula is C16H21N3O. The SMILES string of the molecule is CC(C)n1ccc(CC(=O)Cc2ccccc2CN)n1. The van der Waals surface area contributed by atoms with Gasteiger partial charge in [-0.2, -0.15) is 5.10 Å². The molecule has 4 nitrogen and oxygen atoms in total. The first-order valence-electron chi connectivity index (χ1n) is 6.92. The standard InChI is InChI=1S/C16H21N3O/c1-12(2)19-8-7-15(18-19)10-16(20)9-13-5-3-4-6-14(13)11-17/h3-8,12H,9-11,17H2,1-2H3. The number of rotatable bonds is 6. The number of aromatic nitrogens is 2. The topological polar surface area (TPSA) is 60.9 Å². The van der Waals surface area contributed by atoms with E-state index in [1.165, 1.54) is 0 Å². The van der Waals surface area contributed by atoms with E-state index in [9.17, 15) is 4.79 Å². The summed E-state index contributed by atoms with van der Waals surface area (Å²) in [5, 5.41) is 4.41. The van der Waals surface area contributed by atoms with E-state index in [-0.39, 0.29) is 5.78 Å². The average molecular weight is 271 g/mol. The van der Waals surface area contributed by atoms with Gasteiger partial charge in [-0.25, -0.2) is 0 Å². The second-order valence-corrected chi connectivity index (χ2v) is 5.25. The van der Waals surface area contributed by atoms with E-state index in [2.05, 4.69) is 18.9 Å². The highest BCUT2D eigenvalue weighted by atomic mass is 16.1. The minimum atomic E-state index is 0.167. The van der Waals surface area contributed by atoms with Crippen molar-refractivity contribution in [1.82, 2.24) is 9.78 Å². The molecule has 1 heterocycles. The highest BCUT2D eigenvalue weighted by Gasteiger charge is 2.10. The molecule has 0 atom stereocenters. The number of Topliss-reactive ketones (excluding diaryl/α,β-unsaturated/α-hetero) is 1. The van der Waals surface area contributed by atoms with E-state index in [1.807, 2.05) is 41.2 Å². The minimum absolute atomic E-state index is 0.167. The Morgan fingerprint density at radius 3 is 2.50 bits per heavy atom. The third kappa shape index (κ3) is 3.54. The molecule has 0 amide bonds. The predicted octanol–water partition coefficient (Wildman–Crippen LogP) is 2.28. The largest absolute Gasteiger partial charge is 0.326 e. The second-order valence-electron chi connectivity index (χ2n) is 5.25. The van der Waals surface area contributed by atoms with Crippen LogP contribution in [0.2, 0.25) is 0 Å². The van der Waals surface area contributed by atoms with Crippen molar-refractivity contribution in [3.63, 3.8) is 0 Å². The molecule has 0 unspecified atom stereocenters. The summed E-state index contributed by atoms with van der Waals surface area (Å²) < 4.78 is 1.87. The van der Waals surface area contributed by atoms with Crippen LogP contribution in [0.4, 0.5) is 0 Å². The number of ketones is 1. The maximum atomic E-state index is 12.1. The zero-order chi connectivity index (χ0) is 14.5. The maximum absolute atomic E-state index is 12.1. The molecule has 2 aromatic rings. The summed E-state index contributed by atoms with van der Waals surface area (Å²) in [7, 11) is 0. The Kier molecular flexibility index (Phi) is 4.69. The average Bonchev–Trinajstić information content (AvgIpc) is 2.88. The van der Waals surface area contributed by atoms with Crippen molar-refractivity contribution < 1.29 is 4.79 Å². The van der Waals surface area contributed by atoms with Crippen LogP contribution in [0.15, 0.2) is 36.5 Å². The second kappa shape index (κ2) is 6.48.